The molecule has 7 nitrogen and oxygen atoms in total. The summed E-state index contributed by atoms with van der Waals surface area (Å²) in [5.74, 6) is 0.809. The number of carbonyl (C=O) groups is 3. The number of amides is 3. The topological polar surface area (TPSA) is 79.0 Å². The summed E-state index contributed by atoms with van der Waals surface area (Å²) in [5.41, 5.74) is 1.74. The smallest absolute Gasteiger partial charge is 0.410 e. The van der Waals surface area contributed by atoms with Crippen LogP contribution in [0.25, 0.3) is 0 Å². The van der Waals surface area contributed by atoms with Gasteiger partial charge >= 0.3 is 6.09 Å². The summed E-state index contributed by atoms with van der Waals surface area (Å²) < 4.78 is 5.52. The number of rotatable bonds is 3. The van der Waals surface area contributed by atoms with Crippen LogP contribution >= 0.6 is 0 Å². The molecule has 7 heteroatoms. The minimum absolute atomic E-state index is 0.175. The van der Waals surface area contributed by atoms with Gasteiger partial charge in [-0.2, -0.15) is 0 Å². The van der Waals surface area contributed by atoms with Gasteiger partial charge in [-0.05, 0) is 82.4 Å². The lowest BCUT2D eigenvalue weighted by Gasteiger charge is -2.41. The average molecular weight is 456 g/mol. The van der Waals surface area contributed by atoms with Gasteiger partial charge in [-0.25, -0.2) is 4.79 Å². The maximum Gasteiger partial charge on any atom is 0.410 e. The van der Waals surface area contributed by atoms with E-state index in [-0.39, 0.29) is 23.8 Å². The highest BCUT2D eigenvalue weighted by Gasteiger charge is 2.33. The second kappa shape index (κ2) is 9.74. The number of piperidine rings is 3. The first-order valence-corrected chi connectivity index (χ1v) is 12.4. The maximum absolute atomic E-state index is 12.3. The molecule has 3 aliphatic rings. The van der Waals surface area contributed by atoms with E-state index < -0.39 is 5.60 Å². The zero-order valence-corrected chi connectivity index (χ0v) is 20.1. The van der Waals surface area contributed by atoms with Crippen LogP contribution in [0.3, 0.4) is 0 Å². The van der Waals surface area contributed by atoms with E-state index in [9.17, 15) is 14.4 Å². The van der Waals surface area contributed by atoms with Gasteiger partial charge in [0.15, 0.2) is 0 Å². The molecule has 0 aliphatic carbocycles. The molecule has 3 saturated heterocycles. The Kier molecular flexibility index (Phi) is 6.96. The van der Waals surface area contributed by atoms with Crippen molar-refractivity contribution >= 4 is 23.6 Å². The van der Waals surface area contributed by atoms with Gasteiger partial charge in [0.2, 0.25) is 11.8 Å². The Bertz CT molecular complexity index is 861. The third-order valence-corrected chi connectivity index (χ3v) is 7.30. The monoisotopic (exact) mass is 455 g/mol. The second-order valence-corrected chi connectivity index (χ2v) is 10.7. The Hall–Kier alpha value is -2.57. The lowest BCUT2D eigenvalue weighted by atomic mass is 9.79. The zero-order chi connectivity index (χ0) is 23.6. The SMILES string of the molecule is CC(C)(C)OC(=O)N1CCC(C2CCN(c3ccc(C4CCC(=O)NC4=O)cc3)CC2)CC1. The average Bonchev–Trinajstić information content (AvgIpc) is 2.78. The highest BCUT2D eigenvalue weighted by atomic mass is 16.6. The van der Waals surface area contributed by atoms with Crippen LogP contribution in [0.2, 0.25) is 0 Å². The molecule has 0 spiro atoms. The summed E-state index contributed by atoms with van der Waals surface area (Å²) in [6.07, 6.45) is 5.27. The lowest BCUT2D eigenvalue weighted by molar-refractivity contribution is -0.134. The van der Waals surface area contributed by atoms with Crippen molar-refractivity contribution in [3.05, 3.63) is 29.8 Å². The van der Waals surface area contributed by atoms with Crippen molar-refractivity contribution in [2.75, 3.05) is 31.1 Å². The first kappa shape index (κ1) is 23.6. The van der Waals surface area contributed by atoms with Gasteiger partial charge in [-0.1, -0.05) is 12.1 Å². The van der Waals surface area contributed by atoms with Gasteiger partial charge in [-0.3, -0.25) is 14.9 Å². The maximum atomic E-state index is 12.3. The van der Waals surface area contributed by atoms with E-state index in [2.05, 4.69) is 22.3 Å². The number of hydrogen-bond acceptors (Lipinski definition) is 5. The highest BCUT2D eigenvalue weighted by Crippen LogP contribution is 2.35. The molecule has 3 heterocycles. The van der Waals surface area contributed by atoms with Gasteiger partial charge in [0, 0.05) is 38.3 Å². The summed E-state index contributed by atoms with van der Waals surface area (Å²) >= 11 is 0. The van der Waals surface area contributed by atoms with Crippen LogP contribution in [-0.4, -0.2) is 54.6 Å². The van der Waals surface area contributed by atoms with Gasteiger partial charge < -0.3 is 14.5 Å². The fraction of sp³-hybridized carbons (Fsp3) is 0.654. The molecule has 1 N–H and O–H groups in total. The van der Waals surface area contributed by atoms with Crippen molar-refractivity contribution in [1.82, 2.24) is 10.2 Å². The van der Waals surface area contributed by atoms with Crippen LogP contribution < -0.4 is 10.2 Å². The molecule has 3 amide bonds. The number of nitrogens with zero attached hydrogens (tertiary/aromatic N) is 2. The summed E-state index contributed by atoms with van der Waals surface area (Å²) in [6.45, 7) is 9.39. The number of nitrogens with one attached hydrogen (secondary N) is 1. The Morgan fingerprint density at radius 2 is 1.48 bits per heavy atom. The van der Waals surface area contributed by atoms with E-state index in [1.54, 1.807) is 0 Å². The standard InChI is InChI=1S/C26H37N3O4/c1-26(2,3)33-25(32)29-16-12-19(13-17-29)18-10-14-28(15-11-18)21-6-4-20(5-7-21)22-8-9-23(30)27-24(22)31/h4-7,18-19,22H,8-17H2,1-3H3,(H,27,30,31). The Morgan fingerprint density at radius 1 is 0.909 bits per heavy atom. The molecule has 0 aromatic heterocycles. The highest BCUT2D eigenvalue weighted by molar-refractivity contribution is 6.00. The molecule has 180 valence electrons. The van der Waals surface area contributed by atoms with E-state index in [1.807, 2.05) is 37.8 Å². The molecule has 3 aliphatic heterocycles. The van der Waals surface area contributed by atoms with Crippen LogP contribution in [0.4, 0.5) is 10.5 Å². The van der Waals surface area contributed by atoms with Gasteiger partial charge in [0.25, 0.3) is 0 Å². The van der Waals surface area contributed by atoms with Crippen LogP contribution in [0.5, 0.6) is 0 Å². The molecule has 1 aromatic rings. The minimum atomic E-state index is -0.444. The minimum Gasteiger partial charge on any atom is -0.444 e. The van der Waals surface area contributed by atoms with Crippen LogP contribution in [0.1, 0.15) is 70.8 Å². The molecule has 1 aromatic carbocycles. The van der Waals surface area contributed by atoms with Crippen LogP contribution in [0, 0.1) is 11.8 Å². The molecule has 33 heavy (non-hydrogen) atoms. The quantitative estimate of drug-likeness (QED) is 0.695. The van der Waals surface area contributed by atoms with E-state index in [1.165, 1.54) is 18.5 Å². The number of carbonyl (C=O) groups excluding carboxylic acids is 3. The lowest BCUT2D eigenvalue weighted by Crippen LogP contribution is -2.44. The summed E-state index contributed by atoms with van der Waals surface area (Å²) in [7, 11) is 0. The van der Waals surface area contributed by atoms with Gasteiger partial charge in [0.05, 0.1) is 5.92 Å². The molecule has 0 bridgehead atoms. The molecule has 3 fully saturated rings. The fourth-order valence-corrected chi connectivity index (χ4v) is 5.44. The molecular formula is C26H37N3O4. The second-order valence-electron chi connectivity index (χ2n) is 10.7. The number of hydrogen-bond donors (Lipinski definition) is 1. The van der Waals surface area contributed by atoms with Crippen molar-refractivity contribution in [1.29, 1.82) is 0 Å². The third-order valence-electron chi connectivity index (χ3n) is 7.30. The van der Waals surface area contributed by atoms with Crippen LogP contribution in [0.15, 0.2) is 24.3 Å². The molecular weight excluding hydrogens is 418 g/mol. The Balaban J connectivity index is 1.24. The van der Waals surface area contributed by atoms with Gasteiger partial charge in [0.1, 0.15) is 5.60 Å². The number of ether oxygens (including phenoxy) is 1. The predicted octanol–water partition coefficient (Wildman–Crippen LogP) is 4.07. The van der Waals surface area contributed by atoms with Crippen molar-refractivity contribution in [3.8, 4) is 0 Å². The summed E-state index contributed by atoms with van der Waals surface area (Å²) in [5, 5.41) is 2.44. The van der Waals surface area contributed by atoms with E-state index in [4.69, 9.17) is 4.74 Å². The number of likely N-dealkylation sites (tertiary alicyclic amines) is 1. The molecule has 0 saturated carbocycles. The fourth-order valence-electron chi connectivity index (χ4n) is 5.44. The van der Waals surface area contributed by atoms with E-state index in [0.29, 0.717) is 24.7 Å². The van der Waals surface area contributed by atoms with Crippen molar-refractivity contribution < 1.29 is 19.1 Å². The Labute approximate surface area is 196 Å². The van der Waals surface area contributed by atoms with Crippen molar-refractivity contribution in [2.45, 2.75) is 70.8 Å². The number of anilines is 1. The largest absolute Gasteiger partial charge is 0.444 e. The zero-order valence-electron chi connectivity index (χ0n) is 20.1. The summed E-state index contributed by atoms with van der Waals surface area (Å²) in [6, 6.07) is 8.29. The van der Waals surface area contributed by atoms with Gasteiger partial charge in [-0.15, -0.1) is 0 Å². The first-order valence-electron chi connectivity index (χ1n) is 12.4. The van der Waals surface area contributed by atoms with E-state index >= 15 is 0 Å². The van der Waals surface area contributed by atoms with Crippen molar-refractivity contribution in [2.24, 2.45) is 11.8 Å². The van der Waals surface area contributed by atoms with E-state index in [0.717, 1.165) is 44.6 Å². The summed E-state index contributed by atoms with van der Waals surface area (Å²) in [4.78, 5) is 40.1. The molecule has 0 radical (unpaired) electrons. The third kappa shape index (κ3) is 5.87. The normalized spacial score (nSPS) is 23.4. The number of benzene rings is 1. The van der Waals surface area contributed by atoms with Crippen LogP contribution in [-0.2, 0) is 14.3 Å². The molecule has 4 rings (SSSR count). The molecule has 1 unspecified atom stereocenters. The first-order chi connectivity index (χ1) is 15.7. The Morgan fingerprint density at radius 3 is 2.03 bits per heavy atom. The predicted molar refractivity (Wildman–Crippen MR) is 127 cm³/mol. The number of imide groups is 1. The van der Waals surface area contributed by atoms with Crippen molar-refractivity contribution in [3.63, 3.8) is 0 Å². The molecule has 1 atom stereocenters.